The Morgan fingerprint density at radius 2 is 2.04 bits per heavy atom. The molecular weight excluding hydrogens is 376 g/mol. The third-order valence-corrected chi connectivity index (χ3v) is 4.99. The molecule has 1 amide bonds. The van der Waals surface area contributed by atoms with Gasteiger partial charge in [0.1, 0.15) is 17.1 Å². The number of fused-ring (bicyclic) bond motifs is 3. The van der Waals surface area contributed by atoms with Gasteiger partial charge in [-0.25, -0.2) is 14.0 Å². The molecule has 3 rings (SSSR count). The number of hydrogen-bond acceptors (Lipinski definition) is 8. The average molecular weight is 395 g/mol. The summed E-state index contributed by atoms with van der Waals surface area (Å²) in [6.45, 7) is 0.509. The molecule has 1 aromatic carbocycles. The Bertz CT molecular complexity index is 832. The van der Waals surface area contributed by atoms with E-state index in [0.29, 0.717) is 12.0 Å². The molecule has 9 nitrogen and oxygen atoms in total. The SMILES string of the molecule is CN(C)C(=O)COC(=O)OCOC(=O)c1c(F)ccc2c1OB(O)C1CC21C. The number of ether oxygens (including phenoxy) is 3. The van der Waals surface area contributed by atoms with Crippen LogP contribution in [0.5, 0.6) is 5.75 Å². The molecule has 1 fully saturated rings. The maximum Gasteiger partial charge on any atom is 0.526 e. The molecule has 0 spiro atoms. The van der Waals surface area contributed by atoms with Crippen LogP contribution in [-0.2, 0) is 24.4 Å². The Kier molecular flexibility index (Phi) is 5.20. The van der Waals surface area contributed by atoms with Crippen LogP contribution < -0.4 is 4.65 Å². The first-order chi connectivity index (χ1) is 13.1. The summed E-state index contributed by atoms with van der Waals surface area (Å²) in [7, 11) is 1.82. The monoisotopic (exact) mass is 395 g/mol. The zero-order valence-corrected chi connectivity index (χ0v) is 15.6. The highest BCUT2D eigenvalue weighted by molar-refractivity contribution is 6.48. The van der Waals surface area contributed by atoms with Crippen molar-refractivity contribution in [2.45, 2.75) is 24.6 Å². The van der Waals surface area contributed by atoms with E-state index in [-0.39, 0.29) is 11.6 Å². The number of benzene rings is 1. The van der Waals surface area contributed by atoms with Crippen LogP contribution in [0, 0.1) is 5.82 Å². The first kappa shape index (κ1) is 19.9. The Morgan fingerprint density at radius 3 is 2.71 bits per heavy atom. The summed E-state index contributed by atoms with van der Waals surface area (Å²) >= 11 is 0. The molecule has 1 aliphatic carbocycles. The Hall–Kier alpha value is -2.82. The molecule has 1 saturated carbocycles. The van der Waals surface area contributed by atoms with Crippen LogP contribution in [0.3, 0.4) is 0 Å². The van der Waals surface area contributed by atoms with Crippen molar-refractivity contribution in [3.63, 3.8) is 0 Å². The molecule has 0 aromatic heterocycles. The van der Waals surface area contributed by atoms with E-state index in [4.69, 9.17) is 9.39 Å². The van der Waals surface area contributed by atoms with Crippen molar-refractivity contribution >= 4 is 25.2 Å². The van der Waals surface area contributed by atoms with E-state index in [9.17, 15) is 23.8 Å². The minimum Gasteiger partial charge on any atom is -0.535 e. The van der Waals surface area contributed by atoms with Gasteiger partial charge in [-0.1, -0.05) is 13.0 Å². The maximum absolute atomic E-state index is 14.3. The first-order valence-electron chi connectivity index (χ1n) is 8.49. The standard InChI is InChI=1S/C17H19BFNO8/c1-17-6-11(17)18(24)28-14-9(17)4-5-10(19)13(14)15(22)26-8-27-16(23)25-7-12(21)20(2)3/h4-5,11,24H,6-8H2,1-3H3. The molecule has 1 N–H and O–H groups in total. The second-order valence-corrected chi connectivity index (χ2v) is 7.06. The molecule has 0 radical (unpaired) electrons. The number of hydrogen-bond donors (Lipinski definition) is 1. The zero-order chi connectivity index (χ0) is 20.6. The Balaban J connectivity index is 1.61. The minimum atomic E-state index is -1.22. The quantitative estimate of drug-likeness (QED) is 0.448. The fourth-order valence-corrected chi connectivity index (χ4v) is 3.14. The molecule has 1 aliphatic heterocycles. The lowest BCUT2D eigenvalue weighted by Gasteiger charge is -2.26. The van der Waals surface area contributed by atoms with Crippen molar-refractivity contribution in [3.05, 3.63) is 29.1 Å². The number of amides is 1. The van der Waals surface area contributed by atoms with Gasteiger partial charge < -0.3 is 28.8 Å². The lowest BCUT2D eigenvalue weighted by atomic mass is 9.72. The Labute approximate surface area is 160 Å². The normalized spacial score (nSPS) is 21.6. The fourth-order valence-electron chi connectivity index (χ4n) is 3.14. The van der Waals surface area contributed by atoms with E-state index in [1.807, 2.05) is 6.92 Å². The van der Waals surface area contributed by atoms with E-state index in [2.05, 4.69) is 9.47 Å². The Morgan fingerprint density at radius 1 is 1.32 bits per heavy atom. The molecule has 11 heteroatoms. The van der Waals surface area contributed by atoms with Crippen LogP contribution in [0.15, 0.2) is 12.1 Å². The summed E-state index contributed by atoms with van der Waals surface area (Å²) in [6.07, 6.45) is -0.569. The second-order valence-electron chi connectivity index (χ2n) is 7.06. The second kappa shape index (κ2) is 7.31. The summed E-state index contributed by atoms with van der Waals surface area (Å²) in [5.74, 6) is -2.67. The van der Waals surface area contributed by atoms with Crippen molar-refractivity contribution in [2.24, 2.45) is 0 Å². The van der Waals surface area contributed by atoms with Crippen LogP contribution in [0.2, 0.25) is 5.82 Å². The highest BCUT2D eigenvalue weighted by Gasteiger charge is 2.63. The molecule has 1 aromatic rings. The molecule has 2 aliphatic rings. The van der Waals surface area contributed by atoms with Crippen LogP contribution in [0.4, 0.5) is 9.18 Å². The molecule has 2 atom stereocenters. The highest BCUT2D eigenvalue weighted by atomic mass is 19.1. The van der Waals surface area contributed by atoms with Gasteiger partial charge in [0.05, 0.1) is 0 Å². The molecule has 0 saturated heterocycles. The van der Waals surface area contributed by atoms with E-state index in [1.165, 1.54) is 25.1 Å². The molecule has 28 heavy (non-hydrogen) atoms. The van der Waals surface area contributed by atoms with E-state index in [0.717, 1.165) is 6.07 Å². The van der Waals surface area contributed by atoms with Gasteiger partial charge in [0.25, 0.3) is 5.91 Å². The molecule has 150 valence electrons. The van der Waals surface area contributed by atoms with Gasteiger partial charge in [0.15, 0.2) is 6.61 Å². The van der Waals surface area contributed by atoms with Crippen LogP contribution in [-0.4, -0.2) is 62.6 Å². The zero-order valence-electron chi connectivity index (χ0n) is 15.6. The molecule has 1 heterocycles. The van der Waals surface area contributed by atoms with Crippen molar-refractivity contribution in [1.29, 1.82) is 0 Å². The minimum absolute atomic E-state index is 0.0760. The highest BCUT2D eigenvalue weighted by Crippen LogP contribution is 2.65. The lowest BCUT2D eigenvalue weighted by molar-refractivity contribution is -0.133. The smallest absolute Gasteiger partial charge is 0.526 e. The van der Waals surface area contributed by atoms with Gasteiger partial charge in [-0.2, -0.15) is 0 Å². The molecule has 0 bridgehead atoms. The van der Waals surface area contributed by atoms with E-state index >= 15 is 0 Å². The van der Waals surface area contributed by atoms with Gasteiger partial charge in [0.2, 0.25) is 6.79 Å². The van der Waals surface area contributed by atoms with E-state index < -0.39 is 55.3 Å². The summed E-state index contributed by atoms with van der Waals surface area (Å²) in [6, 6.07) is 2.64. The summed E-state index contributed by atoms with van der Waals surface area (Å²) in [5, 5.41) is 10.0. The summed E-state index contributed by atoms with van der Waals surface area (Å²) in [4.78, 5) is 36.2. The van der Waals surface area contributed by atoms with Gasteiger partial charge in [-0.05, 0) is 23.5 Å². The van der Waals surface area contributed by atoms with Crippen molar-refractivity contribution in [3.8, 4) is 5.75 Å². The van der Waals surface area contributed by atoms with Crippen LogP contribution in [0.25, 0.3) is 0 Å². The van der Waals surface area contributed by atoms with Crippen LogP contribution in [0.1, 0.15) is 29.3 Å². The topological polar surface area (TPSA) is 112 Å². The number of carbonyl (C=O) groups excluding carboxylic acids is 3. The van der Waals surface area contributed by atoms with Crippen LogP contribution >= 0.6 is 0 Å². The van der Waals surface area contributed by atoms with Gasteiger partial charge in [0, 0.05) is 19.9 Å². The molecular formula is C17H19BFNO8. The van der Waals surface area contributed by atoms with E-state index in [1.54, 1.807) is 0 Å². The predicted octanol–water partition coefficient (Wildman–Crippen LogP) is 1.09. The number of rotatable bonds is 5. The number of likely N-dealkylation sites (N-methyl/N-ethyl adjacent to an activating group) is 1. The maximum atomic E-state index is 14.3. The predicted molar refractivity (Wildman–Crippen MR) is 92.1 cm³/mol. The fraction of sp³-hybridized carbons (Fsp3) is 0.471. The number of carbonyl (C=O) groups is 3. The van der Waals surface area contributed by atoms with Gasteiger partial charge in [-0.15, -0.1) is 0 Å². The average Bonchev–Trinajstić information content (AvgIpc) is 3.33. The number of halogens is 1. The third kappa shape index (κ3) is 3.61. The number of nitrogens with zero attached hydrogens (tertiary/aromatic N) is 1. The first-order valence-corrected chi connectivity index (χ1v) is 8.49. The van der Waals surface area contributed by atoms with Crippen molar-refractivity contribution < 1.29 is 42.7 Å². The lowest BCUT2D eigenvalue weighted by Crippen LogP contribution is -2.32. The van der Waals surface area contributed by atoms with Crippen molar-refractivity contribution in [1.82, 2.24) is 4.90 Å². The largest absolute Gasteiger partial charge is 0.535 e. The number of esters is 1. The summed E-state index contributed by atoms with van der Waals surface area (Å²) < 4.78 is 33.4. The van der Waals surface area contributed by atoms with Gasteiger partial charge >= 0.3 is 19.2 Å². The van der Waals surface area contributed by atoms with Gasteiger partial charge in [-0.3, -0.25) is 4.79 Å². The van der Waals surface area contributed by atoms with Crippen molar-refractivity contribution in [2.75, 3.05) is 27.5 Å². The molecule has 2 unspecified atom stereocenters. The summed E-state index contributed by atoms with van der Waals surface area (Å²) in [5.41, 5.74) is -0.267. The third-order valence-electron chi connectivity index (χ3n) is 4.99.